The van der Waals surface area contributed by atoms with E-state index in [4.69, 9.17) is 0 Å². The van der Waals surface area contributed by atoms with Crippen molar-refractivity contribution in [2.75, 3.05) is 5.32 Å². The molecule has 0 amide bonds. The lowest BCUT2D eigenvalue weighted by Crippen LogP contribution is -2.19. The van der Waals surface area contributed by atoms with E-state index < -0.39 is 0 Å². The van der Waals surface area contributed by atoms with Crippen molar-refractivity contribution in [3.8, 4) is 0 Å². The number of pyridine rings is 1. The Morgan fingerprint density at radius 1 is 1.00 bits per heavy atom. The summed E-state index contributed by atoms with van der Waals surface area (Å²) in [7, 11) is 0. The Bertz CT molecular complexity index is 499. The van der Waals surface area contributed by atoms with Gasteiger partial charge in [-0.25, -0.2) is 4.98 Å². The molecule has 0 saturated heterocycles. The van der Waals surface area contributed by atoms with Gasteiger partial charge in [0.2, 0.25) is 0 Å². The molecule has 0 atom stereocenters. The molecule has 1 heterocycles. The van der Waals surface area contributed by atoms with Gasteiger partial charge in [-0.1, -0.05) is 50.2 Å². The van der Waals surface area contributed by atoms with E-state index >= 15 is 0 Å². The van der Waals surface area contributed by atoms with Crippen LogP contribution in [-0.4, -0.2) is 4.98 Å². The van der Waals surface area contributed by atoms with E-state index in [0.29, 0.717) is 0 Å². The maximum Gasteiger partial charge on any atom is 0.126 e. The SMILES string of the molecule is CC.Cc1ccc(NC2(c3ccccc3)CC2)nc1. The highest BCUT2D eigenvalue weighted by Gasteiger charge is 2.44. The van der Waals surface area contributed by atoms with Crippen LogP contribution < -0.4 is 5.32 Å². The first-order chi connectivity index (χ1) is 9.28. The summed E-state index contributed by atoms with van der Waals surface area (Å²) in [4.78, 5) is 4.42. The monoisotopic (exact) mass is 254 g/mol. The Labute approximate surface area is 115 Å². The molecule has 2 aromatic rings. The van der Waals surface area contributed by atoms with Gasteiger partial charge in [0, 0.05) is 6.20 Å². The zero-order valence-corrected chi connectivity index (χ0v) is 12.0. The molecule has 1 aromatic heterocycles. The smallest absolute Gasteiger partial charge is 0.126 e. The summed E-state index contributed by atoms with van der Waals surface area (Å²) in [6.45, 7) is 6.06. The Kier molecular flexibility index (Phi) is 4.20. The Morgan fingerprint density at radius 2 is 1.68 bits per heavy atom. The van der Waals surface area contributed by atoms with Crippen LogP contribution >= 0.6 is 0 Å². The van der Waals surface area contributed by atoms with Crippen LogP contribution in [0, 0.1) is 6.92 Å². The molecule has 1 saturated carbocycles. The molecule has 0 aliphatic heterocycles. The fraction of sp³-hybridized carbons (Fsp3) is 0.353. The quantitative estimate of drug-likeness (QED) is 0.871. The highest BCUT2D eigenvalue weighted by atomic mass is 15.1. The van der Waals surface area contributed by atoms with Crippen molar-refractivity contribution in [2.45, 2.75) is 39.2 Å². The normalized spacial score (nSPS) is 15.1. The summed E-state index contributed by atoms with van der Waals surface area (Å²) in [6.07, 6.45) is 4.28. The van der Waals surface area contributed by atoms with Crippen LogP contribution in [0.25, 0.3) is 0 Å². The third-order valence-electron chi connectivity index (χ3n) is 3.36. The van der Waals surface area contributed by atoms with Gasteiger partial charge in [-0.05, 0) is 37.0 Å². The summed E-state index contributed by atoms with van der Waals surface area (Å²) < 4.78 is 0. The minimum Gasteiger partial charge on any atom is -0.361 e. The van der Waals surface area contributed by atoms with Gasteiger partial charge in [0.05, 0.1) is 5.54 Å². The minimum atomic E-state index is 0.128. The van der Waals surface area contributed by atoms with Crippen molar-refractivity contribution in [3.05, 3.63) is 59.8 Å². The van der Waals surface area contributed by atoms with E-state index in [1.165, 1.54) is 24.0 Å². The number of nitrogens with one attached hydrogen (secondary N) is 1. The molecule has 3 rings (SSSR count). The minimum absolute atomic E-state index is 0.128. The van der Waals surface area contributed by atoms with Crippen molar-refractivity contribution >= 4 is 5.82 Å². The largest absolute Gasteiger partial charge is 0.361 e. The molecule has 100 valence electrons. The van der Waals surface area contributed by atoms with Gasteiger partial charge in [0.25, 0.3) is 0 Å². The van der Waals surface area contributed by atoms with Crippen LogP contribution in [0.4, 0.5) is 5.82 Å². The summed E-state index contributed by atoms with van der Waals surface area (Å²) in [5, 5.41) is 3.56. The summed E-state index contributed by atoms with van der Waals surface area (Å²) in [5.41, 5.74) is 2.69. The molecule has 0 unspecified atom stereocenters. The number of hydrogen-bond donors (Lipinski definition) is 1. The van der Waals surface area contributed by atoms with Crippen molar-refractivity contribution in [3.63, 3.8) is 0 Å². The number of nitrogens with zero attached hydrogens (tertiary/aromatic N) is 1. The summed E-state index contributed by atoms with van der Waals surface area (Å²) in [5.74, 6) is 0.969. The van der Waals surface area contributed by atoms with E-state index in [-0.39, 0.29) is 5.54 Å². The van der Waals surface area contributed by atoms with Crippen LogP contribution in [0.1, 0.15) is 37.8 Å². The molecule has 1 aliphatic carbocycles. The van der Waals surface area contributed by atoms with Gasteiger partial charge in [0.1, 0.15) is 5.82 Å². The second-order valence-corrected chi connectivity index (χ2v) is 4.79. The average Bonchev–Trinajstić information content (AvgIpc) is 3.26. The Balaban J connectivity index is 0.000000637. The highest BCUT2D eigenvalue weighted by Crippen LogP contribution is 2.47. The number of rotatable bonds is 3. The van der Waals surface area contributed by atoms with Gasteiger partial charge >= 0.3 is 0 Å². The van der Waals surface area contributed by atoms with Crippen LogP contribution in [-0.2, 0) is 5.54 Å². The lowest BCUT2D eigenvalue weighted by Gasteiger charge is -2.18. The van der Waals surface area contributed by atoms with Crippen molar-refractivity contribution in [1.29, 1.82) is 0 Å². The fourth-order valence-corrected chi connectivity index (χ4v) is 2.15. The molecular formula is C17H22N2. The number of anilines is 1. The Morgan fingerprint density at radius 3 is 2.21 bits per heavy atom. The average molecular weight is 254 g/mol. The fourth-order valence-electron chi connectivity index (χ4n) is 2.15. The van der Waals surface area contributed by atoms with E-state index in [9.17, 15) is 0 Å². The van der Waals surface area contributed by atoms with E-state index in [2.05, 4.69) is 59.7 Å². The number of aromatic nitrogens is 1. The second-order valence-electron chi connectivity index (χ2n) is 4.79. The molecule has 1 N–H and O–H groups in total. The summed E-state index contributed by atoms with van der Waals surface area (Å²) >= 11 is 0. The molecule has 2 nitrogen and oxygen atoms in total. The Hall–Kier alpha value is -1.83. The summed E-state index contributed by atoms with van der Waals surface area (Å²) in [6, 6.07) is 14.8. The van der Waals surface area contributed by atoms with Crippen LogP contribution in [0.3, 0.4) is 0 Å². The standard InChI is InChI=1S/C15H16N2.C2H6/c1-12-7-8-14(16-11-12)17-15(9-10-15)13-5-3-2-4-6-13;1-2/h2-8,11H,9-10H2,1H3,(H,16,17);1-2H3. The molecule has 1 aromatic carbocycles. The third-order valence-corrected chi connectivity index (χ3v) is 3.36. The van der Waals surface area contributed by atoms with Crippen LogP contribution in [0.5, 0.6) is 0 Å². The lowest BCUT2D eigenvalue weighted by atomic mass is 10.1. The van der Waals surface area contributed by atoms with Gasteiger partial charge < -0.3 is 5.32 Å². The maximum atomic E-state index is 4.42. The van der Waals surface area contributed by atoms with Gasteiger partial charge in [0.15, 0.2) is 0 Å². The molecule has 1 fully saturated rings. The zero-order valence-electron chi connectivity index (χ0n) is 12.0. The topological polar surface area (TPSA) is 24.9 Å². The van der Waals surface area contributed by atoms with E-state index in [0.717, 1.165) is 5.82 Å². The molecule has 0 bridgehead atoms. The maximum absolute atomic E-state index is 4.42. The van der Waals surface area contributed by atoms with E-state index in [1.54, 1.807) is 0 Å². The predicted octanol–water partition coefficient (Wildman–Crippen LogP) is 4.52. The first-order valence-electron chi connectivity index (χ1n) is 7.05. The third kappa shape index (κ3) is 3.14. The van der Waals surface area contributed by atoms with Gasteiger partial charge in [-0.2, -0.15) is 0 Å². The molecule has 2 heteroatoms. The first-order valence-corrected chi connectivity index (χ1v) is 7.05. The number of aryl methyl sites for hydroxylation is 1. The zero-order chi connectivity index (χ0) is 13.7. The first kappa shape index (κ1) is 13.6. The van der Waals surface area contributed by atoms with Gasteiger partial charge in [-0.15, -0.1) is 0 Å². The molecule has 0 radical (unpaired) electrons. The van der Waals surface area contributed by atoms with Crippen LogP contribution in [0.2, 0.25) is 0 Å². The van der Waals surface area contributed by atoms with Crippen molar-refractivity contribution in [2.24, 2.45) is 0 Å². The molecular weight excluding hydrogens is 232 g/mol. The van der Waals surface area contributed by atoms with Gasteiger partial charge in [-0.3, -0.25) is 0 Å². The molecule has 19 heavy (non-hydrogen) atoms. The molecule has 1 aliphatic rings. The predicted molar refractivity (Wildman–Crippen MR) is 81.3 cm³/mol. The van der Waals surface area contributed by atoms with Crippen molar-refractivity contribution < 1.29 is 0 Å². The number of benzene rings is 1. The number of hydrogen-bond acceptors (Lipinski definition) is 2. The van der Waals surface area contributed by atoms with E-state index in [1.807, 2.05) is 20.0 Å². The van der Waals surface area contributed by atoms with Crippen molar-refractivity contribution in [1.82, 2.24) is 4.98 Å². The van der Waals surface area contributed by atoms with Crippen LogP contribution in [0.15, 0.2) is 48.7 Å². The molecule has 0 spiro atoms. The second kappa shape index (κ2) is 5.87. The lowest BCUT2D eigenvalue weighted by molar-refractivity contribution is 0.800. The highest BCUT2D eigenvalue weighted by molar-refractivity contribution is 5.46.